The lowest BCUT2D eigenvalue weighted by Gasteiger charge is -2.09. The van der Waals surface area contributed by atoms with Crippen molar-refractivity contribution in [2.75, 3.05) is 12.4 Å². The summed E-state index contributed by atoms with van der Waals surface area (Å²) in [4.78, 5) is 26.3. The van der Waals surface area contributed by atoms with Crippen LogP contribution >= 0.6 is 11.8 Å². The van der Waals surface area contributed by atoms with E-state index in [-0.39, 0.29) is 5.56 Å². The Kier molecular flexibility index (Phi) is 3.93. The molecule has 0 spiro atoms. The minimum atomic E-state index is -0.173. The van der Waals surface area contributed by atoms with Gasteiger partial charge < -0.3 is 10.3 Å². The number of hydrogen-bond donors (Lipinski definition) is 2. The molecule has 0 saturated heterocycles. The predicted molar refractivity (Wildman–Crippen MR) is 69.9 cm³/mol. The number of anilines is 1. The second-order valence-corrected chi connectivity index (χ2v) is 4.43. The number of aromatic amines is 1. The largest absolute Gasteiger partial charge is 0.373 e. The van der Waals surface area contributed by atoms with E-state index in [9.17, 15) is 4.79 Å². The van der Waals surface area contributed by atoms with Gasteiger partial charge in [-0.15, -0.1) is 0 Å². The molecule has 0 fully saturated rings. The van der Waals surface area contributed by atoms with E-state index < -0.39 is 0 Å². The van der Waals surface area contributed by atoms with Gasteiger partial charge in [0.2, 0.25) is 0 Å². The van der Waals surface area contributed by atoms with Crippen LogP contribution in [0.1, 0.15) is 12.5 Å². The fourth-order valence-electron chi connectivity index (χ4n) is 1.51. The number of aromatic nitrogens is 4. The van der Waals surface area contributed by atoms with Crippen LogP contribution in [0.3, 0.4) is 0 Å². The monoisotopic (exact) mass is 263 g/mol. The fourth-order valence-corrected chi connectivity index (χ4v) is 2.43. The summed E-state index contributed by atoms with van der Waals surface area (Å²) in [7, 11) is 1.82. The predicted octanol–water partition coefficient (Wildman–Crippen LogP) is 1.32. The molecule has 0 aromatic carbocycles. The second kappa shape index (κ2) is 5.63. The van der Waals surface area contributed by atoms with Gasteiger partial charge in [0.05, 0.1) is 0 Å². The molecule has 0 bridgehead atoms. The summed E-state index contributed by atoms with van der Waals surface area (Å²) in [5, 5.41) is 4.35. The fraction of sp³-hybridized carbons (Fsp3) is 0.273. The highest BCUT2D eigenvalue weighted by Crippen LogP contribution is 2.28. The molecule has 0 aliphatic carbocycles. The lowest BCUT2D eigenvalue weighted by atomic mass is 10.2. The Labute approximate surface area is 108 Å². The van der Waals surface area contributed by atoms with E-state index in [1.807, 2.05) is 14.0 Å². The molecule has 2 rings (SSSR count). The molecule has 0 amide bonds. The van der Waals surface area contributed by atoms with Gasteiger partial charge in [0.1, 0.15) is 17.2 Å². The van der Waals surface area contributed by atoms with Crippen molar-refractivity contribution in [3.63, 3.8) is 0 Å². The summed E-state index contributed by atoms with van der Waals surface area (Å²) in [6, 6.07) is 1.38. The molecular formula is C11H13N5OS. The van der Waals surface area contributed by atoms with Crippen molar-refractivity contribution < 1.29 is 0 Å². The Morgan fingerprint density at radius 3 is 2.89 bits per heavy atom. The van der Waals surface area contributed by atoms with Gasteiger partial charge >= 0.3 is 0 Å². The molecule has 6 nitrogen and oxygen atoms in total. The zero-order valence-electron chi connectivity index (χ0n) is 10.1. The Bertz CT molecular complexity index is 598. The van der Waals surface area contributed by atoms with Crippen LogP contribution in [0, 0.1) is 0 Å². The maximum Gasteiger partial charge on any atom is 0.251 e. The van der Waals surface area contributed by atoms with Crippen LogP contribution in [-0.4, -0.2) is 27.0 Å². The molecule has 0 saturated carbocycles. The molecule has 94 valence electrons. The lowest BCUT2D eigenvalue weighted by Crippen LogP contribution is -2.06. The summed E-state index contributed by atoms with van der Waals surface area (Å²) in [6.45, 7) is 2.03. The second-order valence-electron chi connectivity index (χ2n) is 3.45. The Hall–Kier alpha value is -1.89. The summed E-state index contributed by atoms with van der Waals surface area (Å²) in [6.07, 6.45) is 3.78. The Morgan fingerprint density at radius 1 is 1.39 bits per heavy atom. The zero-order valence-corrected chi connectivity index (χ0v) is 10.9. The van der Waals surface area contributed by atoms with E-state index in [4.69, 9.17) is 0 Å². The van der Waals surface area contributed by atoms with Gasteiger partial charge in [0, 0.05) is 24.9 Å². The zero-order chi connectivity index (χ0) is 13.0. The van der Waals surface area contributed by atoms with Crippen LogP contribution in [0.15, 0.2) is 33.6 Å². The van der Waals surface area contributed by atoms with Gasteiger partial charge in [0.25, 0.3) is 5.56 Å². The maximum absolute atomic E-state index is 11.2. The minimum Gasteiger partial charge on any atom is -0.373 e. The minimum absolute atomic E-state index is 0.173. The van der Waals surface area contributed by atoms with Gasteiger partial charge in [-0.3, -0.25) is 4.79 Å². The molecule has 2 N–H and O–H groups in total. The first kappa shape index (κ1) is 12.6. The van der Waals surface area contributed by atoms with Gasteiger partial charge in [-0.05, 0) is 18.2 Å². The van der Waals surface area contributed by atoms with Crippen molar-refractivity contribution in [1.82, 2.24) is 19.9 Å². The molecule has 0 radical (unpaired) electrons. The number of nitrogens with one attached hydrogen (secondary N) is 2. The molecular weight excluding hydrogens is 250 g/mol. The van der Waals surface area contributed by atoms with Gasteiger partial charge in [-0.25, -0.2) is 15.0 Å². The van der Waals surface area contributed by atoms with Crippen molar-refractivity contribution in [2.24, 2.45) is 0 Å². The van der Waals surface area contributed by atoms with Crippen LogP contribution in [-0.2, 0) is 6.42 Å². The molecule has 0 aliphatic heterocycles. The number of hydrogen-bond acceptors (Lipinski definition) is 6. The van der Waals surface area contributed by atoms with Crippen LogP contribution < -0.4 is 10.9 Å². The maximum atomic E-state index is 11.2. The molecule has 2 aromatic heterocycles. The average Bonchev–Trinajstić information content (AvgIpc) is 2.38. The first-order valence-electron chi connectivity index (χ1n) is 5.49. The summed E-state index contributed by atoms with van der Waals surface area (Å²) >= 11 is 1.32. The molecule has 2 aromatic rings. The van der Waals surface area contributed by atoms with E-state index in [1.54, 1.807) is 0 Å². The van der Waals surface area contributed by atoms with Crippen LogP contribution in [0.2, 0.25) is 0 Å². The Morgan fingerprint density at radius 2 is 2.22 bits per heavy atom. The smallest absolute Gasteiger partial charge is 0.251 e. The number of H-pyrrole nitrogens is 1. The Balaban J connectivity index is 2.37. The quantitative estimate of drug-likeness (QED) is 0.639. The lowest BCUT2D eigenvalue weighted by molar-refractivity contribution is 0.911. The van der Waals surface area contributed by atoms with E-state index in [0.29, 0.717) is 5.16 Å². The molecule has 2 heterocycles. The van der Waals surface area contributed by atoms with Crippen molar-refractivity contribution in [2.45, 2.75) is 23.5 Å². The van der Waals surface area contributed by atoms with Crippen LogP contribution in [0.25, 0.3) is 0 Å². The highest BCUT2D eigenvalue weighted by atomic mass is 32.2. The summed E-state index contributed by atoms with van der Waals surface area (Å²) in [5.74, 6) is 0.799. The van der Waals surface area contributed by atoms with E-state index >= 15 is 0 Å². The highest BCUT2D eigenvalue weighted by Gasteiger charge is 2.11. The standard InChI is InChI=1S/C11H13N5OS/c1-3-7-9(12-2)14-6-15-10(7)18-11-13-5-4-8(17)16-11/h4-6H,3H2,1-2H3,(H,12,14,15)(H,13,16,17). The molecule has 0 aliphatic rings. The van der Waals surface area contributed by atoms with Gasteiger partial charge in [-0.1, -0.05) is 6.92 Å². The highest BCUT2D eigenvalue weighted by molar-refractivity contribution is 7.99. The first-order valence-corrected chi connectivity index (χ1v) is 6.31. The topological polar surface area (TPSA) is 83.6 Å². The molecule has 0 unspecified atom stereocenters. The van der Waals surface area contributed by atoms with Crippen LogP contribution in [0.4, 0.5) is 5.82 Å². The van der Waals surface area contributed by atoms with E-state index in [1.165, 1.54) is 30.4 Å². The van der Waals surface area contributed by atoms with Crippen molar-refractivity contribution >= 4 is 17.6 Å². The molecule has 0 atom stereocenters. The van der Waals surface area contributed by atoms with Crippen molar-refractivity contribution in [3.05, 3.63) is 34.5 Å². The SMILES string of the molecule is CCc1c(NC)ncnc1Sc1nccc(=O)[nH]1. The number of nitrogens with zero attached hydrogens (tertiary/aromatic N) is 3. The van der Waals surface area contributed by atoms with E-state index in [0.717, 1.165) is 22.8 Å². The van der Waals surface area contributed by atoms with Crippen LogP contribution in [0.5, 0.6) is 0 Å². The summed E-state index contributed by atoms with van der Waals surface area (Å²) < 4.78 is 0. The third-order valence-electron chi connectivity index (χ3n) is 2.34. The third kappa shape index (κ3) is 2.67. The molecule has 18 heavy (non-hydrogen) atoms. The molecule has 7 heteroatoms. The third-order valence-corrected chi connectivity index (χ3v) is 3.28. The van der Waals surface area contributed by atoms with Crippen molar-refractivity contribution in [3.8, 4) is 0 Å². The average molecular weight is 263 g/mol. The first-order chi connectivity index (χ1) is 8.74. The number of rotatable bonds is 4. The van der Waals surface area contributed by atoms with Gasteiger partial charge in [-0.2, -0.15) is 0 Å². The van der Waals surface area contributed by atoms with Crippen molar-refractivity contribution in [1.29, 1.82) is 0 Å². The normalized spacial score (nSPS) is 10.3. The van der Waals surface area contributed by atoms with Gasteiger partial charge in [0.15, 0.2) is 5.16 Å². The van der Waals surface area contributed by atoms with E-state index in [2.05, 4.69) is 25.3 Å². The summed E-state index contributed by atoms with van der Waals surface area (Å²) in [5.41, 5.74) is 0.838.